The summed E-state index contributed by atoms with van der Waals surface area (Å²) in [4.78, 5) is 23.3. The average Bonchev–Trinajstić information content (AvgIpc) is 3.53. The highest BCUT2D eigenvalue weighted by atomic mass is 32.2. The fourth-order valence-electron chi connectivity index (χ4n) is 5.18. The summed E-state index contributed by atoms with van der Waals surface area (Å²) < 4.78 is 28.6. The number of amides is 1. The molecule has 35 heavy (non-hydrogen) atoms. The molecule has 0 aliphatic carbocycles. The molecule has 2 aliphatic heterocycles. The molecule has 0 radical (unpaired) electrons. The normalized spacial score (nSPS) is 18.6. The van der Waals surface area contributed by atoms with Crippen LogP contribution in [0.3, 0.4) is 0 Å². The summed E-state index contributed by atoms with van der Waals surface area (Å²) in [6.45, 7) is 1.27. The van der Waals surface area contributed by atoms with Gasteiger partial charge in [-0.1, -0.05) is 48.5 Å². The summed E-state index contributed by atoms with van der Waals surface area (Å²) in [5.41, 5.74) is 4.44. The number of aromatic nitrogens is 2. The smallest absolute Gasteiger partial charge is 0.243 e. The lowest BCUT2D eigenvalue weighted by atomic mass is 9.98. The zero-order chi connectivity index (χ0) is 24.0. The summed E-state index contributed by atoms with van der Waals surface area (Å²) in [6.07, 6.45) is 2.20. The van der Waals surface area contributed by atoms with Crippen molar-refractivity contribution in [3.05, 3.63) is 78.4 Å². The van der Waals surface area contributed by atoms with E-state index in [1.165, 1.54) is 9.87 Å². The fraction of sp³-hybridized carbons (Fsp3) is 0.259. The third kappa shape index (κ3) is 3.92. The number of imidazole rings is 1. The van der Waals surface area contributed by atoms with Gasteiger partial charge in [-0.15, -0.1) is 0 Å². The topological polar surface area (TPSA) is 86.4 Å². The molecule has 8 heteroatoms. The van der Waals surface area contributed by atoms with E-state index >= 15 is 0 Å². The lowest BCUT2D eigenvalue weighted by molar-refractivity contribution is -0.123. The maximum absolute atomic E-state index is 13.6. The van der Waals surface area contributed by atoms with Crippen LogP contribution in [-0.2, 0) is 21.2 Å². The van der Waals surface area contributed by atoms with Crippen LogP contribution in [0, 0.1) is 5.92 Å². The molecule has 0 spiro atoms. The number of benzene rings is 3. The predicted molar refractivity (Wildman–Crippen MR) is 136 cm³/mol. The quantitative estimate of drug-likeness (QED) is 0.468. The van der Waals surface area contributed by atoms with E-state index in [1.54, 1.807) is 18.2 Å². The molecule has 0 bridgehead atoms. The van der Waals surface area contributed by atoms with Gasteiger partial charge in [-0.2, -0.15) is 4.31 Å². The standard InChI is InChI=1S/C27H26N4O3S/c32-27(31-16-14-19-7-4-5-11-25(19)31)21-10-6-15-30(18-21)35(33,34)22-12-13-23-24(17-22)29-26(28-23)20-8-2-1-3-9-20/h1-5,7-9,11-13,17,21H,6,10,14-16,18H2,(H,28,29)/t21-/m0/s1. The van der Waals surface area contributed by atoms with E-state index < -0.39 is 10.0 Å². The number of carbonyl (C=O) groups excluding carboxylic acids is 1. The number of hydrogen-bond acceptors (Lipinski definition) is 4. The van der Waals surface area contributed by atoms with E-state index in [2.05, 4.69) is 16.0 Å². The summed E-state index contributed by atoms with van der Waals surface area (Å²) in [6, 6.07) is 22.7. The fourth-order valence-corrected chi connectivity index (χ4v) is 6.73. The molecule has 3 heterocycles. The molecule has 1 saturated heterocycles. The largest absolute Gasteiger partial charge is 0.338 e. The van der Waals surface area contributed by atoms with E-state index in [9.17, 15) is 13.2 Å². The molecule has 7 nitrogen and oxygen atoms in total. The second-order valence-electron chi connectivity index (χ2n) is 9.20. The molecule has 178 valence electrons. The SMILES string of the molecule is O=C([C@H]1CCCN(S(=O)(=O)c2ccc3nc(-c4ccccc4)[nH]c3c2)C1)N1CCc2ccccc21. The summed E-state index contributed by atoms with van der Waals surface area (Å²) in [5, 5.41) is 0. The third-order valence-electron chi connectivity index (χ3n) is 7.02. The van der Waals surface area contributed by atoms with Crippen molar-refractivity contribution in [2.45, 2.75) is 24.2 Å². The van der Waals surface area contributed by atoms with E-state index in [4.69, 9.17) is 0 Å². The van der Waals surface area contributed by atoms with Crippen LogP contribution in [0.2, 0.25) is 0 Å². The van der Waals surface area contributed by atoms with Crippen molar-refractivity contribution in [2.24, 2.45) is 5.92 Å². The Balaban J connectivity index is 1.24. The van der Waals surface area contributed by atoms with Gasteiger partial charge in [0.1, 0.15) is 5.82 Å². The maximum atomic E-state index is 13.6. The molecule has 1 N–H and O–H groups in total. The average molecular weight is 487 g/mol. The summed E-state index contributed by atoms with van der Waals surface area (Å²) in [7, 11) is -3.74. The molecule has 1 atom stereocenters. The number of anilines is 1. The molecule has 3 aromatic carbocycles. The van der Waals surface area contributed by atoms with E-state index in [-0.39, 0.29) is 23.3 Å². The first-order valence-electron chi connectivity index (χ1n) is 12.0. The number of sulfonamides is 1. The highest BCUT2D eigenvalue weighted by molar-refractivity contribution is 7.89. The number of aromatic amines is 1. The molecule has 4 aromatic rings. The maximum Gasteiger partial charge on any atom is 0.243 e. The Morgan fingerprint density at radius 1 is 0.971 bits per heavy atom. The van der Waals surface area contributed by atoms with E-state index in [0.717, 1.165) is 17.7 Å². The molecule has 1 amide bonds. The van der Waals surface area contributed by atoms with Crippen LogP contribution in [-0.4, -0.2) is 48.2 Å². The van der Waals surface area contributed by atoms with Crippen molar-refractivity contribution < 1.29 is 13.2 Å². The molecule has 2 aliphatic rings. The first-order valence-corrected chi connectivity index (χ1v) is 13.4. The minimum absolute atomic E-state index is 0.0198. The van der Waals surface area contributed by atoms with Crippen molar-refractivity contribution in [3.8, 4) is 11.4 Å². The van der Waals surface area contributed by atoms with Crippen molar-refractivity contribution >= 4 is 32.7 Å². The van der Waals surface area contributed by atoms with Gasteiger partial charge in [0.2, 0.25) is 15.9 Å². The van der Waals surface area contributed by atoms with Crippen LogP contribution in [0.15, 0.2) is 77.7 Å². The zero-order valence-electron chi connectivity index (χ0n) is 19.2. The summed E-state index contributed by atoms with van der Waals surface area (Å²) in [5.74, 6) is 0.376. The van der Waals surface area contributed by atoms with Gasteiger partial charge in [-0.05, 0) is 49.1 Å². The minimum atomic E-state index is -3.74. The number of carbonyl (C=O) groups is 1. The number of rotatable bonds is 4. The highest BCUT2D eigenvalue weighted by Crippen LogP contribution is 2.32. The van der Waals surface area contributed by atoms with Crippen LogP contribution in [0.1, 0.15) is 18.4 Å². The number of fused-ring (bicyclic) bond motifs is 2. The van der Waals surface area contributed by atoms with Crippen molar-refractivity contribution in [3.63, 3.8) is 0 Å². The lowest BCUT2D eigenvalue weighted by Crippen LogP contribution is -2.46. The van der Waals surface area contributed by atoms with Gasteiger partial charge < -0.3 is 9.88 Å². The van der Waals surface area contributed by atoms with Crippen LogP contribution in [0.4, 0.5) is 5.69 Å². The Bertz CT molecular complexity index is 1510. The van der Waals surface area contributed by atoms with Crippen LogP contribution >= 0.6 is 0 Å². The van der Waals surface area contributed by atoms with Crippen molar-refractivity contribution in [1.29, 1.82) is 0 Å². The van der Waals surface area contributed by atoms with E-state index in [0.29, 0.717) is 42.8 Å². The minimum Gasteiger partial charge on any atom is -0.338 e. The van der Waals surface area contributed by atoms with Crippen molar-refractivity contribution in [2.75, 3.05) is 24.5 Å². The number of nitrogens with zero attached hydrogens (tertiary/aromatic N) is 3. The molecular weight excluding hydrogens is 460 g/mol. The van der Waals surface area contributed by atoms with Gasteiger partial charge in [0, 0.05) is 30.9 Å². The molecule has 1 aromatic heterocycles. The zero-order valence-corrected chi connectivity index (χ0v) is 20.0. The first-order chi connectivity index (χ1) is 17.0. The van der Waals surface area contributed by atoms with E-state index in [1.807, 2.05) is 53.4 Å². The van der Waals surface area contributed by atoms with Gasteiger partial charge in [0.05, 0.1) is 21.8 Å². The monoisotopic (exact) mass is 486 g/mol. The Labute approximate surface area is 204 Å². The third-order valence-corrected chi connectivity index (χ3v) is 8.89. The Hall–Kier alpha value is -3.49. The van der Waals surface area contributed by atoms with Gasteiger partial charge >= 0.3 is 0 Å². The van der Waals surface area contributed by atoms with Gasteiger partial charge in [-0.3, -0.25) is 4.79 Å². The molecule has 1 fully saturated rings. The Kier molecular flexibility index (Phi) is 5.42. The number of nitrogens with one attached hydrogen (secondary N) is 1. The molecule has 0 unspecified atom stereocenters. The number of H-pyrrole nitrogens is 1. The van der Waals surface area contributed by atoms with Crippen LogP contribution in [0.25, 0.3) is 22.4 Å². The Morgan fingerprint density at radius 3 is 2.63 bits per heavy atom. The first kappa shape index (κ1) is 22.0. The van der Waals surface area contributed by atoms with Crippen LogP contribution in [0.5, 0.6) is 0 Å². The second kappa shape index (κ2) is 8.62. The molecule has 6 rings (SSSR count). The lowest BCUT2D eigenvalue weighted by Gasteiger charge is -2.33. The number of para-hydroxylation sites is 1. The highest BCUT2D eigenvalue weighted by Gasteiger charge is 2.37. The number of hydrogen-bond donors (Lipinski definition) is 1. The Morgan fingerprint density at radius 2 is 1.77 bits per heavy atom. The van der Waals surface area contributed by atoms with Gasteiger partial charge in [0.25, 0.3) is 0 Å². The molecular formula is C27H26N4O3S. The van der Waals surface area contributed by atoms with Gasteiger partial charge in [-0.25, -0.2) is 13.4 Å². The number of piperidine rings is 1. The van der Waals surface area contributed by atoms with Gasteiger partial charge in [0.15, 0.2) is 0 Å². The second-order valence-corrected chi connectivity index (χ2v) is 11.1. The molecule has 0 saturated carbocycles. The van der Waals surface area contributed by atoms with Crippen molar-refractivity contribution in [1.82, 2.24) is 14.3 Å². The predicted octanol–water partition coefficient (Wildman–Crippen LogP) is 4.22. The van der Waals surface area contributed by atoms with Crippen LogP contribution < -0.4 is 4.90 Å². The summed E-state index contributed by atoms with van der Waals surface area (Å²) >= 11 is 0.